The molecule has 0 radical (unpaired) electrons. The van der Waals surface area contributed by atoms with E-state index in [2.05, 4.69) is 4.90 Å². The van der Waals surface area contributed by atoms with E-state index >= 15 is 0 Å². The second-order valence-electron chi connectivity index (χ2n) is 6.57. The van der Waals surface area contributed by atoms with Gasteiger partial charge in [0.1, 0.15) is 0 Å². The first-order chi connectivity index (χ1) is 8.14. The molecule has 1 spiro atoms. The summed E-state index contributed by atoms with van der Waals surface area (Å²) in [4.78, 5) is 13.6. The number of likely N-dealkylation sites (tertiary alicyclic amines) is 1. The van der Waals surface area contributed by atoms with Gasteiger partial charge in [-0.3, -0.25) is 9.69 Å². The zero-order valence-electron chi connectivity index (χ0n) is 10.6. The molecule has 1 aliphatic heterocycles. The highest BCUT2D eigenvalue weighted by Crippen LogP contribution is 2.53. The van der Waals surface area contributed by atoms with Crippen molar-refractivity contribution >= 4 is 5.97 Å². The lowest BCUT2D eigenvalue weighted by Gasteiger charge is -2.63. The SMILES string of the molecule is O=C(O)CC1(N2CC3(CCC3)C2)CCCCC1. The average molecular weight is 237 g/mol. The molecular formula is C14H23NO2. The summed E-state index contributed by atoms with van der Waals surface area (Å²) in [5.74, 6) is -0.610. The highest BCUT2D eigenvalue weighted by atomic mass is 16.4. The summed E-state index contributed by atoms with van der Waals surface area (Å²) in [6.45, 7) is 2.36. The number of carbonyl (C=O) groups is 1. The van der Waals surface area contributed by atoms with Gasteiger partial charge in [0.25, 0.3) is 0 Å². The summed E-state index contributed by atoms with van der Waals surface area (Å²) in [5.41, 5.74) is 0.633. The molecule has 2 aliphatic carbocycles. The highest BCUT2D eigenvalue weighted by molar-refractivity contribution is 5.68. The predicted octanol–water partition coefficient (Wildman–Crippen LogP) is 2.65. The molecular weight excluding hydrogens is 214 g/mol. The van der Waals surface area contributed by atoms with Gasteiger partial charge in [-0.15, -0.1) is 0 Å². The predicted molar refractivity (Wildman–Crippen MR) is 65.9 cm³/mol. The Kier molecular flexibility index (Phi) is 2.69. The molecule has 0 aromatic carbocycles. The quantitative estimate of drug-likeness (QED) is 0.820. The number of nitrogens with zero attached hydrogens (tertiary/aromatic N) is 1. The third kappa shape index (κ3) is 1.88. The number of aliphatic carboxylic acids is 1. The molecule has 96 valence electrons. The van der Waals surface area contributed by atoms with Crippen LogP contribution in [-0.4, -0.2) is 34.6 Å². The minimum absolute atomic E-state index is 0.0188. The Hall–Kier alpha value is -0.570. The maximum Gasteiger partial charge on any atom is 0.305 e. The molecule has 0 atom stereocenters. The van der Waals surface area contributed by atoms with Gasteiger partial charge in [0.15, 0.2) is 0 Å². The van der Waals surface area contributed by atoms with Crippen molar-refractivity contribution < 1.29 is 9.90 Å². The molecule has 2 saturated carbocycles. The third-order valence-electron chi connectivity index (χ3n) is 5.40. The molecule has 1 N–H and O–H groups in total. The second-order valence-corrected chi connectivity index (χ2v) is 6.57. The summed E-state index contributed by atoms with van der Waals surface area (Å²) < 4.78 is 0. The number of hydrogen-bond acceptors (Lipinski definition) is 2. The normalized spacial score (nSPS) is 30.6. The Labute approximate surface area is 103 Å². The molecule has 3 heteroatoms. The van der Waals surface area contributed by atoms with E-state index in [0.29, 0.717) is 11.8 Å². The number of carboxylic acid groups (broad SMARTS) is 1. The number of hydrogen-bond donors (Lipinski definition) is 1. The molecule has 0 unspecified atom stereocenters. The van der Waals surface area contributed by atoms with Crippen LogP contribution in [0.3, 0.4) is 0 Å². The van der Waals surface area contributed by atoms with Gasteiger partial charge in [-0.25, -0.2) is 0 Å². The molecule has 3 aliphatic rings. The average Bonchev–Trinajstić information content (AvgIpc) is 2.13. The van der Waals surface area contributed by atoms with Gasteiger partial charge in [0.2, 0.25) is 0 Å². The van der Waals surface area contributed by atoms with E-state index in [1.807, 2.05) is 0 Å². The largest absolute Gasteiger partial charge is 0.481 e. The molecule has 3 fully saturated rings. The second kappa shape index (κ2) is 3.98. The number of carboxylic acids is 1. The molecule has 1 saturated heterocycles. The first-order valence-electron chi connectivity index (χ1n) is 7.11. The summed E-state index contributed by atoms with van der Waals surface area (Å²) in [7, 11) is 0. The minimum atomic E-state index is -0.610. The van der Waals surface area contributed by atoms with Crippen molar-refractivity contribution in [2.24, 2.45) is 5.41 Å². The molecule has 1 heterocycles. The van der Waals surface area contributed by atoms with Crippen LogP contribution in [0, 0.1) is 5.41 Å². The standard InChI is InChI=1S/C14H23NO2/c16-12(17)9-14(7-2-1-3-8-14)15-10-13(11-15)5-4-6-13/h1-11H2,(H,16,17). The van der Waals surface area contributed by atoms with E-state index in [0.717, 1.165) is 12.8 Å². The van der Waals surface area contributed by atoms with Crippen LogP contribution in [0.15, 0.2) is 0 Å². The van der Waals surface area contributed by atoms with Crippen LogP contribution < -0.4 is 0 Å². The van der Waals surface area contributed by atoms with Crippen molar-refractivity contribution in [1.29, 1.82) is 0 Å². The van der Waals surface area contributed by atoms with E-state index in [9.17, 15) is 9.90 Å². The van der Waals surface area contributed by atoms with Crippen molar-refractivity contribution in [3.63, 3.8) is 0 Å². The van der Waals surface area contributed by atoms with Crippen molar-refractivity contribution in [1.82, 2.24) is 4.90 Å². The van der Waals surface area contributed by atoms with E-state index in [-0.39, 0.29) is 5.54 Å². The fourth-order valence-electron chi connectivity index (χ4n) is 4.19. The zero-order valence-corrected chi connectivity index (χ0v) is 10.6. The van der Waals surface area contributed by atoms with Crippen LogP contribution in [0.2, 0.25) is 0 Å². The van der Waals surface area contributed by atoms with Crippen molar-refractivity contribution in [2.45, 2.75) is 63.3 Å². The first kappa shape index (κ1) is 11.5. The lowest BCUT2D eigenvalue weighted by molar-refractivity contribution is -0.155. The highest BCUT2D eigenvalue weighted by Gasteiger charge is 2.54. The van der Waals surface area contributed by atoms with Gasteiger partial charge in [0, 0.05) is 18.6 Å². The van der Waals surface area contributed by atoms with Crippen LogP contribution in [0.5, 0.6) is 0 Å². The topological polar surface area (TPSA) is 40.5 Å². The fraction of sp³-hybridized carbons (Fsp3) is 0.929. The smallest absolute Gasteiger partial charge is 0.305 e. The van der Waals surface area contributed by atoms with E-state index < -0.39 is 5.97 Å². The van der Waals surface area contributed by atoms with Gasteiger partial charge in [-0.2, -0.15) is 0 Å². The lowest BCUT2D eigenvalue weighted by Crippen LogP contribution is -2.68. The monoisotopic (exact) mass is 237 g/mol. The van der Waals surface area contributed by atoms with Crippen molar-refractivity contribution in [2.75, 3.05) is 13.1 Å². The van der Waals surface area contributed by atoms with Gasteiger partial charge in [-0.1, -0.05) is 25.7 Å². The molecule has 0 aromatic rings. The molecule has 3 nitrogen and oxygen atoms in total. The van der Waals surface area contributed by atoms with Gasteiger partial charge in [0.05, 0.1) is 6.42 Å². The Bertz CT molecular complexity index is 308. The number of rotatable bonds is 3. The molecule has 17 heavy (non-hydrogen) atoms. The third-order valence-corrected chi connectivity index (χ3v) is 5.40. The van der Waals surface area contributed by atoms with Crippen molar-refractivity contribution in [3.8, 4) is 0 Å². The Morgan fingerprint density at radius 1 is 1.00 bits per heavy atom. The Morgan fingerprint density at radius 2 is 1.65 bits per heavy atom. The summed E-state index contributed by atoms with van der Waals surface area (Å²) >= 11 is 0. The Morgan fingerprint density at radius 3 is 2.12 bits per heavy atom. The first-order valence-corrected chi connectivity index (χ1v) is 7.11. The maximum atomic E-state index is 11.1. The van der Waals surface area contributed by atoms with Crippen LogP contribution in [0.1, 0.15) is 57.8 Å². The molecule has 0 aromatic heterocycles. The lowest BCUT2D eigenvalue weighted by atomic mass is 9.61. The van der Waals surface area contributed by atoms with Crippen LogP contribution in [0.4, 0.5) is 0 Å². The van der Waals surface area contributed by atoms with E-state index in [1.165, 1.54) is 51.6 Å². The molecule has 3 rings (SSSR count). The fourth-order valence-corrected chi connectivity index (χ4v) is 4.19. The van der Waals surface area contributed by atoms with Gasteiger partial charge in [-0.05, 0) is 31.1 Å². The minimum Gasteiger partial charge on any atom is -0.481 e. The van der Waals surface area contributed by atoms with Crippen LogP contribution in [-0.2, 0) is 4.79 Å². The van der Waals surface area contributed by atoms with Crippen molar-refractivity contribution in [3.05, 3.63) is 0 Å². The van der Waals surface area contributed by atoms with E-state index in [1.54, 1.807) is 0 Å². The summed E-state index contributed by atoms with van der Waals surface area (Å²) in [5, 5.41) is 9.17. The van der Waals surface area contributed by atoms with Gasteiger partial charge >= 0.3 is 5.97 Å². The molecule has 0 amide bonds. The van der Waals surface area contributed by atoms with Crippen LogP contribution in [0.25, 0.3) is 0 Å². The zero-order chi connectivity index (χ0) is 11.9. The molecule has 0 bridgehead atoms. The van der Waals surface area contributed by atoms with Crippen LogP contribution >= 0.6 is 0 Å². The van der Waals surface area contributed by atoms with E-state index in [4.69, 9.17) is 0 Å². The maximum absolute atomic E-state index is 11.1. The Balaban J connectivity index is 1.68. The van der Waals surface area contributed by atoms with Gasteiger partial charge < -0.3 is 5.11 Å². The summed E-state index contributed by atoms with van der Waals surface area (Å²) in [6.07, 6.45) is 10.5. The summed E-state index contributed by atoms with van der Waals surface area (Å²) in [6, 6.07) is 0.